The Labute approximate surface area is 138 Å². The van der Waals surface area contributed by atoms with E-state index in [4.69, 9.17) is 14.6 Å². The van der Waals surface area contributed by atoms with Gasteiger partial charge >= 0.3 is 17.9 Å². The first-order valence-electron chi connectivity index (χ1n) is 7.32. The van der Waals surface area contributed by atoms with Crippen LogP contribution in [0, 0.1) is 0 Å². The van der Waals surface area contributed by atoms with Gasteiger partial charge in [-0.2, -0.15) is 4.57 Å². The maximum absolute atomic E-state index is 11.4. The zero-order valence-corrected chi connectivity index (χ0v) is 13.1. The molecule has 0 radical (unpaired) electrons. The van der Waals surface area contributed by atoms with Crippen LogP contribution in [0.5, 0.6) is 0 Å². The Balaban J connectivity index is 1.84. The number of rotatable bonds is 6. The molecule has 0 spiro atoms. The second kappa shape index (κ2) is 8.21. The van der Waals surface area contributed by atoms with Crippen molar-refractivity contribution in [1.82, 2.24) is 0 Å². The van der Waals surface area contributed by atoms with E-state index in [0.29, 0.717) is 12.8 Å². The van der Waals surface area contributed by atoms with Crippen LogP contribution in [0.15, 0.2) is 36.7 Å². The van der Waals surface area contributed by atoms with Crippen molar-refractivity contribution in [3.8, 4) is 0 Å². The molecule has 2 heterocycles. The van der Waals surface area contributed by atoms with Crippen LogP contribution in [0.3, 0.4) is 0 Å². The van der Waals surface area contributed by atoms with E-state index in [-0.39, 0.29) is 24.5 Å². The molecule has 2 unspecified atom stereocenters. The number of aromatic nitrogens is 1. The van der Waals surface area contributed by atoms with E-state index in [1.54, 1.807) is 16.8 Å². The fourth-order valence-electron chi connectivity index (χ4n) is 2.25. The Hall–Kier alpha value is -2.74. The van der Waals surface area contributed by atoms with E-state index in [2.05, 4.69) is 4.74 Å². The Morgan fingerprint density at radius 1 is 1.33 bits per heavy atom. The number of aromatic carboxylic acids is 1. The zero-order chi connectivity index (χ0) is 17.5. The van der Waals surface area contributed by atoms with Crippen molar-refractivity contribution in [2.45, 2.75) is 25.2 Å². The molecule has 24 heavy (non-hydrogen) atoms. The van der Waals surface area contributed by atoms with Crippen LogP contribution in [-0.4, -0.2) is 42.8 Å². The smallest absolute Gasteiger partial charge is 0.341 e. The fourth-order valence-corrected chi connectivity index (χ4v) is 2.25. The quantitative estimate of drug-likeness (QED) is 0.461. The molecule has 2 atom stereocenters. The number of pyridine rings is 1. The summed E-state index contributed by atoms with van der Waals surface area (Å²) in [6.07, 6.45) is 5.95. The van der Waals surface area contributed by atoms with Crippen LogP contribution in [0.1, 0.15) is 29.4 Å². The van der Waals surface area contributed by atoms with E-state index in [1.165, 1.54) is 19.4 Å². The van der Waals surface area contributed by atoms with Gasteiger partial charge in [0.2, 0.25) is 0 Å². The number of carboxylic acid groups (broad SMARTS) is 1. The van der Waals surface area contributed by atoms with Crippen molar-refractivity contribution in [3.63, 3.8) is 0 Å². The molecule has 0 aromatic carbocycles. The number of esters is 2. The number of carbonyl (C=O) groups excluding carboxylic acids is 2. The van der Waals surface area contributed by atoms with Crippen molar-refractivity contribution >= 4 is 17.9 Å². The normalized spacial score (nSPS) is 20.0. The first kappa shape index (κ1) is 17.6. The lowest BCUT2D eigenvalue weighted by atomic mass is 10.2. The molecule has 8 heteroatoms. The highest BCUT2D eigenvalue weighted by Crippen LogP contribution is 2.24. The van der Waals surface area contributed by atoms with Gasteiger partial charge in [-0.25, -0.2) is 14.4 Å². The predicted molar refractivity (Wildman–Crippen MR) is 78.9 cm³/mol. The SMILES string of the molecule is COC(=O)/C=C/C(=O)OCC1CCC([n+]2cccc(C(=O)O)c2)O1. The van der Waals surface area contributed by atoms with Gasteiger partial charge < -0.3 is 19.3 Å². The van der Waals surface area contributed by atoms with Gasteiger partial charge in [0.15, 0.2) is 12.4 Å². The minimum absolute atomic E-state index is 0.0556. The third kappa shape index (κ3) is 4.88. The number of methoxy groups -OCH3 is 1. The Kier molecular flexibility index (Phi) is 6.02. The molecule has 1 aromatic heterocycles. The van der Waals surface area contributed by atoms with Crippen LogP contribution in [0.25, 0.3) is 0 Å². The number of nitrogens with zero attached hydrogens (tertiary/aromatic N) is 1. The standard InChI is InChI=1S/C16H17NO7/c1-22-14(18)6-7-15(19)23-10-12-4-5-13(24-12)17-8-2-3-11(9-17)16(20)21/h2-3,6-9,12-13H,4-5,10H2,1H3/p+1/b7-6+. The van der Waals surface area contributed by atoms with Crippen molar-refractivity contribution in [3.05, 3.63) is 42.2 Å². The lowest BCUT2D eigenvalue weighted by molar-refractivity contribution is -0.759. The number of carbonyl (C=O) groups is 3. The monoisotopic (exact) mass is 336 g/mol. The van der Waals surface area contributed by atoms with E-state index < -0.39 is 17.9 Å². The average molecular weight is 336 g/mol. The Morgan fingerprint density at radius 2 is 2.08 bits per heavy atom. The number of carboxylic acids is 1. The van der Waals surface area contributed by atoms with Gasteiger partial charge in [-0.3, -0.25) is 0 Å². The van der Waals surface area contributed by atoms with Crippen LogP contribution in [0.4, 0.5) is 0 Å². The molecule has 0 saturated carbocycles. The molecule has 0 bridgehead atoms. The summed E-state index contributed by atoms with van der Waals surface area (Å²) < 4.78 is 16.8. The lowest BCUT2D eigenvalue weighted by Crippen LogP contribution is -2.40. The molecule has 1 N–H and O–H groups in total. The first-order chi connectivity index (χ1) is 11.5. The molecule has 2 rings (SSSR count). The average Bonchev–Trinajstić information content (AvgIpc) is 3.07. The number of hydrogen-bond donors (Lipinski definition) is 1. The third-order valence-electron chi connectivity index (χ3n) is 3.45. The second-order valence-electron chi connectivity index (χ2n) is 5.12. The van der Waals surface area contributed by atoms with Gasteiger partial charge in [-0.05, 0) is 12.5 Å². The summed E-state index contributed by atoms with van der Waals surface area (Å²) in [6, 6.07) is 3.14. The van der Waals surface area contributed by atoms with Crippen LogP contribution < -0.4 is 4.57 Å². The highest BCUT2D eigenvalue weighted by atomic mass is 16.6. The summed E-state index contributed by atoms with van der Waals surface area (Å²) in [5.74, 6) is -2.31. The maximum atomic E-state index is 11.4. The van der Waals surface area contributed by atoms with Gasteiger partial charge in [0.25, 0.3) is 6.23 Å². The highest BCUT2D eigenvalue weighted by molar-refractivity contribution is 5.91. The van der Waals surface area contributed by atoms with Gasteiger partial charge in [0.1, 0.15) is 12.2 Å². The van der Waals surface area contributed by atoms with Crippen LogP contribution in [0.2, 0.25) is 0 Å². The highest BCUT2D eigenvalue weighted by Gasteiger charge is 2.32. The molecular weight excluding hydrogens is 318 g/mol. The summed E-state index contributed by atoms with van der Waals surface area (Å²) >= 11 is 0. The first-order valence-corrected chi connectivity index (χ1v) is 7.32. The summed E-state index contributed by atoms with van der Waals surface area (Å²) in [6.45, 7) is 0.0556. The summed E-state index contributed by atoms with van der Waals surface area (Å²) in [7, 11) is 1.21. The maximum Gasteiger partial charge on any atom is 0.341 e. The van der Waals surface area contributed by atoms with E-state index in [9.17, 15) is 14.4 Å². The largest absolute Gasteiger partial charge is 0.477 e. The fraction of sp³-hybridized carbons (Fsp3) is 0.375. The third-order valence-corrected chi connectivity index (χ3v) is 3.45. The minimum atomic E-state index is -1.01. The zero-order valence-electron chi connectivity index (χ0n) is 13.1. The Bertz CT molecular complexity index is 656. The van der Waals surface area contributed by atoms with E-state index in [1.807, 2.05) is 0 Å². The lowest BCUT2D eigenvalue weighted by Gasteiger charge is -2.10. The van der Waals surface area contributed by atoms with E-state index in [0.717, 1.165) is 12.2 Å². The van der Waals surface area contributed by atoms with Crippen molar-refractivity contribution in [2.24, 2.45) is 0 Å². The van der Waals surface area contributed by atoms with Gasteiger partial charge in [-0.1, -0.05) is 0 Å². The second-order valence-corrected chi connectivity index (χ2v) is 5.12. The minimum Gasteiger partial charge on any atom is -0.477 e. The molecule has 0 aliphatic carbocycles. The molecule has 128 valence electrons. The topological polar surface area (TPSA) is 103 Å². The molecule has 0 amide bonds. The molecule has 8 nitrogen and oxygen atoms in total. The Morgan fingerprint density at radius 3 is 2.79 bits per heavy atom. The van der Waals surface area contributed by atoms with Crippen molar-refractivity contribution in [1.29, 1.82) is 0 Å². The molecule has 1 aliphatic heterocycles. The van der Waals surface area contributed by atoms with Gasteiger partial charge in [0, 0.05) is 24.6 Å². The molecule has 1 aromatic rings. The summed E-state index contributed by atoms with van der Waals surface area (Å²) in [5, 5.41) is 9.01. The van der Waals surface area contributed by atoms with Crippen molar-refractivity contribution < 1.29 is 38.3 Å². The van der Waals surface area contributed by atoms with Crippen LogP contribution in [-0.2, 0) is 23.8 Å². The predicted octanol–water partition coefficient (Wildman–Crippen LogP) is 0.622. The molecule has 1 saturated heterocycles. The van der Waals surface area contributed by atoms with Crippen LogP contribution >= 0.6 is 0 Å². The number of ether oxygens (including phenoxy) is 3. The molecular formula is C16H18NO7+. The van der Waals surface area contributed by atoms with E-state index >= 15 is 0 Å². The van der Waals surface area contributed by atoms with Crippen molar-refractivity contribution in [2.75, 3.05) is 13.7 Å². The molecule has 1 aliphatic rings. The van der Waals surface area contributed by atoms with Gasteiger partial charge in [0.05, 0.1) is 13.2 Å². The summed E-state index contributed by atoms with van der Waals surface area (Å²) in [4.78, 5) is 33.3. The molecule has 1 fully saturated rings. The summed E-state index contributed by atoms with van der Waals surface area (Å²) in [5.41, 5.74) is 0.170. The number of hydrogen-bond acceptors (Lipinski definition) is 6. The van der Waals surface area contributed by atoms with Gasteiger partial charge in [-0.15, -0.1) is 0 Å².